The van der Waals surface area contributed by atoms with Crippen LogP contribution in [0.5, 0.6) is 5.75 Å². The highest BCUT2D eigenvalue weighted by Crippen LogP contribution is 2.34. The number of amides is 2. The zero-order valence-electron chi connectivity index (χ0n) is 11.8. The second-order valence-electron chi connectivity index (χ2n) is 5.61. The van der Waals surface area contributed by atoms with Gasteiger partial charge in [-0.3, -0.25) is 9.59 Å². The van der Waals surface area contributed by atoms with Crippen LogP contribution in [0.3, 0.4) is 0 Å². The molecule has 0 saturated carbocycles. The molecule has 6 nitrogen and oxygen atoms in total. The molecule has 2 aliphatic heterocycles. The summed E-state index contributed by atoms with van der Waals surface area (Å²) in [6.07, 6.45) is 0.684. The number of anilines is 1. The zero-order chi connectivity index (χ0) is 15.0. The molecule has 1 unspecified atom stereocenters. The van der Waals surface area contributed by atoms with Crippen molar-refractivity contribution in [3.05, 3.63) is 24.3 Å². The van der Waals surface area contributed by atoms with Gasteiger partial charge in [-0.25, -0.2) is 0 Å². The molecule has 112 valence electrons. The fourth-order valence-electron chi connectivity index (χ4n) is 2.68. The minimum atomic E-state index is -1.56. The van der Waals surface area contributed by atoms with Crippen LogP contribution in [0.15, 0.2) is 24.3 Å². The van der Waals surface area contributed by atoms with Crippen LogP contribution in [0.2, 0.25) is 0 Å². The van der Waals surface area contributed by atoms with Gasteiger partial charge in [0.1, 0.15) is 5.75 Å². The summed E-state index contributed by atoms with van der Waals surface area (Å²) < 4.78 is 5.71. The second kappa shape index (κ2) is 5.04. The van der Waals surface area contributed by atoms with Crippen LogP contribution >= 0.6 is 0 Å². The van der Waals surface area contributed by atoms with Crippen molar-refractivity contribution in [3.8, 4) is 5.75 Å². The molecule has 2 N–H and O–H groups in total. The number of carbonyl (C=O) groups is 2. The van der Waals surface area contributed by atoms with E-state index in [4.69, 9.17) is 4.74 Å². The predicted molar refractivity (Wildman–Crippen MR) is 75.9 cm³/mol. The highest BCUT2D eigenvalue weighted by molar-refractivity contribution is 6.15. The van der Waals surface area contributed by atoms with E-state index in [0.29, 0.717) is 37.4 Å². The molecule has 1 atom stereocenters. The maximum absolute atomic E-state index is 12.7. The third kappa shape index (κ3) is 2.35. The Morgan fingerprint density at radius 3 is 2.76 bits per heavy atom. The lowest BCUT2D eigenvalue weighted by Crippen LogP contribution is -2.60. The Kier molecular flexibility index (Phi) is 3.33. The van der Waals surface area contributed by atoms with Crippen molar-refractivity contribution >= 4 is 17.5 Å². The summed E-state index contributed by atoms with van der Waals surface area (Å²) in [4.78, 5) is 26.5. The molecule has 3 rings (SSSR count). The minimum absolute atomic E-state index is 0.360. The Hall–Kier alpha value is -2.08. The van der Waals surface area contributed by atoms with Gasteiger partial charge in [-0.2, -0.15) is 0 Å². The van der Waals surface area contributed by atoms with Crippen molar-refractivity contribution in [2.24, 2.45) is 0 Å². The molecule has 0 aliphatic carbocycles. The molecule has 0 spiro atoms. The van der Waals surface area contributed by atoms with Crippen LogP contribution in [0.4, 0.5) is 5.69 Å². The summed E-state index contributed by atoms with van der Waals surface area (Å²) in [6.45, 7) is 2.37. The topological polar surface area (TPSA) is 78.9 Å². The molecular weight excluding hydrogens is 272 g/mol. The van der Waals surface area contributed by atoms with E-state index in [1.165, 1.54) is 6.92 Å². The van der Waals surface area contributed by atoms with Crippen LogP contribution in [0, 0.1) is 0 Å². The van der Waals surface area contributed by atoms with Crippen LogP contribution in [0.25, 0.3) is 0 Å². The molecule has 2 heterocycles. The van der Waals surface area contributed by atoms with E-state index in [1.54, 1.807) is 29.2 Å². The number of likely N-dealkylation sites (tertiary alicyclic amines) is 1. The van der Waals surface area contributed by atoms with E-state index >= 15 is 0 Å². The lowest BCUT2D eigenvalue weighted by atomic mass is 9.98. The first-order chi connectivity index (χ1) is 10.0. The number of fused-ring (bicyclic) bond motifs is 1. The quantitative estimate of drug-likeness (QED) is 0.748. The van der Waals surface area contributed by atoms with E-state index < -0.39 is 11.5 Å². The zero-order valence-corrected chi connectivity index (χ0v) is 11.8. The van der Waals surface area contributed by atoms with Crippen LogP contribution in [0.1, 0.15) is 19.8 Å². The largest absolute Gasteiger partial charge is 0.466 e. The Balaban J connectivity index is 1.83. The highest BCUT2D eigenvalue weighted by Gasteiger charge is 2.49. The van der Waals surface area contributed by atoms with Crippen molar-refractivity contribution in [2.45, 2.75) is 31.5 Å². The normalized spacial score (nSPS) is 25.8. The van der Waals surface area contributed by atoms with Crippen LogP contribution in [-0.2, 0) is 9.59 Å². The first-order valence-electron chi connectivity index (χ1n) is 7.07. The van der Waals surface area contributed by atoms with Crippen molar-refractivity contribution in [1.82, 2.24) is 4.90 Å². The number of aliphatic hydroxyl groups is 1. The van der Waals surface area contributed by atoms with E-state index in [2.05, 4.69) is 5.32 Å². The predicted octanol–water partition coefficient (Wildman–Crippen LogP) is 0.759. The average Bonchev–Trinajstić information content (AvgIpc) is 2.48. The average molecular weight is 290 g/mol. The van der Waals surface area contributed by atoms with Gasteiger partial charge in [-0.1, -0.05) is 12.1 Å². The molecule has 0 aromatic heterocycles. The Bertz CT molecular complexity index is 581. The van der Waals surface area contributed by atoms with Gasteiger partial charge >= 0.3 is 0 Å². The molecule has 0 bridgehead atoms. The summed E-state index contributed by atoms with van der Waals surface area (Å²) in [7, 11) is 0. The highest BCUT2D eigenvalue weighted by atomic mass is 16.5. The number of aliphatic hydroxyl groups excluding tert-OH is 1. The van der Waals surface area contributed by atoms with Crippen molar-refractivity contribution < 1.29 is 19.4 Å². The molecule has 21 heavy (non-hydrogen) atoms. The number of hydrogen-bond acceptors (Lipinski definition) is 4. The van der Waals surface area contributed by atoms with Gasteiger partial charge in [0.25, 0.3) is 17.4 Å². The number of ether oxygens (including phenoxy) is 1. The molecule has 2 aliphatic rings. The van der Waals surface area contributed by atoms with Crippen LogP contribution < -0.4 is 10.1 Å². The molecule has 0 radical (unpaired) electrons. The second-order valence-corrected chi connectivity index (χ2v) is 5.61. The summed E-state index contributed by atoms with van der Waals surface area (Å²) in [5.74, 6) is -0.330. The maximum atomic E-state index is 12.7. The number of benzene rings is 1. The number of piperidine rings is 1. The van der Waals surface area contributed by atoms with Gasteiger partial charge in [0.2, 0.25) is 0 Å². The monoisotopic (exact) mass is 290 g/mol. The Morgan fingerprint density at radius 2 is 2.05 bits per heavy atom. The fourth-order valence-corrected chi connectivity index (χ4v) is 2.68. The maximum Gasteiger partial charge on any atom is 0.278 e. The van der Waals surface area contributed by atoms with Gasteiger partial charge in [0, 0.05) is 13.1 Å². The summed E-state index contributed by atoms with van der Waals surface area (Å²) in [5.41, 5.74) is -0.988. The van der Waals surface area contributed by atoms with E-state index in [1.807, 2.05) is 0 Å². The fraction of sp³-hybridized carbons (Fsp3) is 0.467. The Labute approximate surface area is 122 Å². The van der Waals surface area contributed by atoms with Gasteiger partial charge in [-0.15, -0.1) is 0 Å². The van der Waals surface area contributed by atoms with E-state index in [0.717, 1.165) is 0 Å². The van der Waals surface area contributed by atoms with Gasteiger partial charge in [-0.05, 0) is 31.9 Å². The van der Waals surface area contributed by atoms with Crippen LogP contribution in [-0.4, -0.2) is 46.6 Å². The molecule has 1 aromatic rings. The molecular formula is C15H18N2O4. The van der Waals surface area contributed by atoms with Gasteiger partial charge in [0.05, 0.1) is 11.8 Å². The summed E-state index contributed by atoms with van der Waals surface area (Å²) >= 11 is 0. The number of nitrogens with zero attached hydrogens (tertiary/aromatic N) is 1. The van der Waals surface area contributed by atoms with E-state index in [-0.39, 0.29) is 12.0 Å². The minimum Gasteiger partial charge on any atom is -0.466 e. The number of hydrogen-bond donors (Lipinski definition) is 2. The standard InChI is InChI=1S/C15H18N2O4/c1-15(14(20)17-8-6-10(18)7-9-17)13(19)16-11-4-2-3-5-12(11)21-15/h2-5,10,18H,6-9H2,1H3,(H,16,19). The molecule has 6 heteroatoms. The summed E-state index contributed by atoms with van der Waals surface area (Å²) in [5, 5.41) is 12.2. The number of carbonyl (C=O) groups excluding carboxylic acids is 2. The smallest absolute Gasteiger partial charge is 0.278 e. The first kappa shape index (κ1) is 13.9. The molecule has 1 fully saturated rings. The van der Waals surface area contributed by atoms with Crippen molar-refractivity contribution in [2.75, 3.05) is 18.4 Å². The first-order valence-corrected chi connectivity index (χ1v) is 7.07. The van der Waals surface area contributed by atoms with Crippen molar-refractivity contribution in [1.29, 1.82) is 0 Å². The third-order valence-corrected chi connectivity index (χ3v) is 4.04. The van der Waals surface area contributed by atoms with Gasteiger partial charge < -0.3 is 20.1 Å². The van der Waals surface area contributed by atoms with Crippen molar-refractivity contribution in [3.63, 3.8) is 0 Å². The lowest BCUT2D eigenvalue weighted by Gasteiger charge is -2.38. The number of rotatable bonds is 1. The molecule has 1 aromatic carbocycles. The number of nitrogens with one attached hydrogen (secondary N) is 1. The molecule has 1 saturated heterocycles. The molecule has 2 amide bonds. The van der Waals surface area contributed by atoms with Gasteiger partial charge in [0.15, 0.2) is 0 Å². The Morgan fingerprint density at radius 1 is 1.38 bits per heavy atom. The van der Waals surface area contributed by atoms with E-state index in [9.17, 15) is 14.7 Å². The SMILES string of the molecule is CC1(C(=O)N2CCC(O)CC2)Oc2ccccc2NC1=O. The number of para-hydroxylation sites is 2. The third-order valence-electron chi connectivity index (χ3n) is 4.04. The lowest BCUT2D eigenvalue weighted by molar-refractivity contribution is -0.156. The summed E-state index contributed by atoms with van der Waals surface area (Å²) in [6, 6.07) is 7.03.